The molecule has 0 aliphatic carbocycles. The minimum absolute atomic E-state index is 0.00697. The average molecular weight is 969 g/mol. The van der Waals surface area contributed by atoms with Crippen LogP contribution < -0.4 is 15.4 Å². The molecular weight excluding hydrogens is 907 g/mol. The van der Waals surface area contributed by atoms with E-state index in [1.807, 2.05) is 20.8 Å². The number of amides is 1. The molecule has 0 spiro atoms. The number of benzene rings is 3. The molecule has 66 heavy (non-hydrogen) atoms. The lowest BCUT2D eigenvalue weighted by Crippen LogP contribution is -2.45. The summed E-state index contributed by atoms with van der Waals surface area (Å²) < 4.78 is 80.8. The first-order chi connectivity index (χ1) is 31.8. The predicted octanol–water partition coefficient (Wildman–Crippen LogP) is 6.51. The van der Waals surface area contributed by atoms with Crippen LogP contribution in [0.3, 0.4) is 0 Å². The van der Waals surface area contributed by atoms with Crippen molar-refractivity contribution in [3.05, 3.63) is 93.0 Å². The molecule has 4 atom stereocenters. The Balaban J connectivity index is 1.24. The van der Waals surface area contributed by atoms with Crippen molar-refractivity contribution >= 4 is 40.8 Å². The largest absolute Gasteiger partial charge is 0.495 e. The van der Waals surface area contributed by atoms with Crippen molar-refractivity contribution in [2.75, 3.05) is 118 Å². The number of anilines is 1. The van der Waals surface area contributed by atoms with Crippen LogP contribution in [-0.2, 0) is 48.1 Å². The molecule has 3 aromatic carbocycles. The first-order valence-electron chi connectivity index (χ1n) is 21.6. The lowest BCUT2D eigenvalue weighted by molar-refractivity contribution is -0.118. The fourth-order valence-corrected chi connectivity index (χ4v) is 7.79. The molecule has 3 aromatic rings. The maximum atomic E-state index is 16.1. The number of aliphatic hydroxyl groups is 1. The highest BCUT2D eigenvalue weighted by atomic mass is 35.5. The molecule has 3 N–H and O–H groups in total. The summed E-state index contributed by atoms with van der Waals surface area (Å²) in [6.07, 6.45) is 0.291. The SMILES string of the molecule is COc1cc(C(=O)OCCOCCOCCOCCOCCOCCOCCOCCO)ccc1NC(=O)[C@@H]1N[C@@H](CC(C)(C)C)[C@](C#N)(c2ccc(Cl)cc2F)[C@H]1c1cccc(Cl)c1F. The van der Waals surface area contributed by atoms with Crippen molar-refractivity contribution in [3.63, 3.8) is 0 Å². The zero-order valence-corrected chi connectivity index (χ0v) is 39.4. The average Bonchev–Trinajstić information content (AvgIpc) is 3.60. The first-order valence-corrected chi connectivity index (χ1v) is 22.4. The van der Waals surface area contributed by atoms with Crippen LogP contribution in [0.4, 0.5) is 14.5 Å². The number of carbonyl (C=O) groups excluding carboxylic acids is 2. The van der Waals surface area contributed by atoms with Gasteiger partial charge >= 0.3 is 5.97 Å². The van der Waals surface area contributed by atoms with E-state index in [1.54, 1.807) is 0 Å². The minimum Gasteiger partial charge on any atom is -0.495 e. The van der Waals surface area contributed by atoms with Crippen LogP contribution >= 0.6 is 23.2 Å². The van der Waals surface area contributed by atoms with E-state index in [-0.39, 0.29) is 64.6 Å². The third-order valence-corrected chi connectivity index (χ3v) is 10.9. The summed E-state index contributed by atoms with van der Waals surface area (Å²) in [6.45, 7) is 11.0. The molecule has 19 heteroatoms. The van der Waals surface area contributed by atoms with Gasteiger partial charge in [-0.05, 0) is 53.8 Å². The van der Waals surface area contributed by atoms with E-state index in [9.17, 15) is 14.9 Å². The molecule has 364 valence electrons. The smallest absolute Gasteiger partial charge is 0.338 e. The van der Waals surface area contributed by atoms with E-state index in [0.29, 0.717) is 85.7 Å². The van der Waals surface area contributed by atoms with Gasteiger partial charge in [0.1, 0.15) is 29.4 Å². The van der Waals surface area contributed by atoms with Gasteiger partial charge in [0.15, 0.2) is 0 Å². The second kappa shape index (κ2) is 28.3. The molecule has 1 amide bonds. The van der Waals surface area contributed by atoms with Crippen molar-refractivity contribution in [1.29, 1.82) is 5.26 Å². The van der Waals surface area contributed by atoms with Gasteiger partial charge in [-0.15, -0.1) is 0 Å². The van der Waals surface area contributed by atoms with Crippen molar-refractivity contribution in [2.24, 2.45) is 5.41 Å². The van der Waals surface area contributed by atoms with Gasteiger partial charge in [-0.1, -0.05) is 62.2 Å². The topological polar surface area (TPSA) is 185 Å². The van der Waals surface area contributed by atoms with Gasteiger partial charge in [-0.2, -0.15) is 5.26 Å². The fourth-order valence-electron chi connectivity index (χ4n) is 7.45. The van der Waals surface area contributed by atoms with Crippen molar-refractivity contribution in [3.8, 4) is 11.8 Å². The standard InChI is InChI=1S/C47H61Cl2F2N3O12/c1-46(2,3)30-40-47(31-52,35-10-9-33(48)29-37(35)50)41(34-6-5-7-36(49)42(34)51)43(54-40)44(56)53-38-11-8-32(28-39(38)58-4)45(57)66-27-26-65-25-24-64-23-22-63-21-20-62-19-18-61-17-16-60-15-14-59-13-12-55/h5-11,28-29,40-41,43,54-55H,12-27,30H2,1-4H3,(H,53,56)/t40-,41-,43+,47-/m0/s1. The third kappa shape index (κ3) is 16.3. The molecule has 1 saturated heterocycles. The third-order valence-electron chi connectivity index (χ3n) is 10.4. The molecule has 15 nitrogen and oxygen atoms in total. The van der Waals surface area contributed by atoms with Crippen molar-refractivity contribution in [1.82, 2.24) is 5.32 Å². The highest BCUT2D eigenvalue weighted by Gasteiger charge is 2.61. The fraction of sp³-hybridized carbons (Fsp3) is 0.553. The van der Waals surface area contributed by atoms with Crippen molar-refractivity contribution < 1.29 is 66.1 Å². The molecule has 0 bridgehead atoms. The summed E-state index contributed by atoms with van der Waals surface area (Å²) in [5.74, 6) is -4.12. The number of rotatable bonds is 30. The quantitative estimate of drug-likeness (QED) is 0.0486. The van der Waals surface area contributed by atoms with Crippen LogP contribution in [0.15, 0.2) is 54.6 Å². The van der Waals surface area contributed by atoms with Crippen LogP contribution in [0.1, 0.15) is 54.6 Å². The molecule has 0 radical (unpaired) electrons. The number of esters is 1. The Morgan fingerprint density at radius 1 is 0.788 bits per heavy atom. The van der Waals surface area contributed by atoms with Gasteiger partial charge in [0.25, 0.3) is 0 Å². The Bertz CT molecular complexity index is 2020. The maximum Gasteiger partial charge on any atom is 0.338 e. The molecule has 1 heterocycles. The van der Waals surface area contributed by atoms with Gasteiger partial charge < -0.3 is 58.4 Å². The lowest BCUT2D eigenvalue weighted by atomic mass is 9.62. The molecule has 0 saturated carbocycles. The number of nitrogens with zero attached hydrogens (tertiary/aromatic N) is 1. The van der Waals surface area contributed by atoms with Gasteiger partial charge in [0, 0.05) is 22.5 Å². The van der Waals surface area contributed by atoms with Gasteiger partial charge in [-0.3, -0.25) is 4.79 Å². The number of hydrogen-bond donors (Lipinski definition) is 3. The summed E-state index contributed by atoms with van der Waals surface area (Å²) in [4.78, 5) is 27.4. The summed E-state index contributed by atoms with van der Waals surface area (Å²) in [5.41, 5.74) is -2.04. The molecule has 1 aliphatic heterocycles. The van der Waals surface area contributed by atoms with E-state index in [1.165, 1.54) is 55.6 Å². The number of methoxy groups -OCH3 is 1. The second-order valence-electron chi connectivity index (χ2n) is 16.2. The number of ether oxygens (including phenoxy) is 9. The summed E-state index contributed by atoms with van der Waals surface area (Å²) in [6, 6.07) is 12.7. The van der Waals surface area contributed by atoms with E-state index in [2.05, 4.69) is 16.7 Å². The van der Waals surface area contributed by atoms with Crippen LogP contribution in [0.25, 0.3) is 0 Å². The Hall–Kier alpha value is -4.03. The van der Waals surface area contributed by atoms with Crippen LogP contribution in [0.2, 0.25) is 10.0 Å². The summed E-state index contributed by atoms with van der Waals surface area (Å²) in [7, 11) is 1.36. The van der Waals surface area contributed by atoms with Crippen molar-refractivity contribution in [2.45, 2.75) is 50.6 Å². The molecule has 0 aromatic heterocycles. The Morgan fingerprint density at radius 2 is 1.33 bits per heavy atom. The van der Waals surface area contributed by atoms with E-state index >= 15 is 8.78 Å². The van der Waals surface area contributed by atoms with Crippen LogP contribution in [0.5, 0.6) is 5.75 Å². The lowest BCUT2D eigenvalue weighted by Gasteiger charge is -2.37. The molecule has 4 rings (SSSR count). The van der Waals surface area contributed by atoms with Crippen LogP contribution in [0, 0.1) is 28.4 Å². The number of nitrogens with one attached hydrogen (secondary N) is 2. The zero-order chi connectivity index (χ0) is 48.0. The minimum atomic E-state index is -1.82. The second-order valence-corrected chi connectivity index (χ2v) is 17.1. The number of hydrogen-bond acceptors (Lipinski definition) is 14. The number of nitriles is 1. The summed E-state index contributed by atoms with van der Waals surface area (Å²) >= 11 is 12.4. The Morgan fingerprint density at radius 3 is 1.83 bits per heavy atom. The number of aliphatic hydroxyl groups excluding tert-OH is 1. The molecular formula is C47H61Cl2F2N3O12. The zero-order valence-electron chi connectivity index (χ0n) is 37.8. The van der Waals surface area contributed by atoms with E-state index in [0.717, 1.165) is 6.07 Å². The first kappa shape index (κ1) is 54.6. The van der Waals surface area contributed by atoms with E-state index in [4.69, 9.17) is 70.9 Å². The number of carbonyl (C=O) groups is 2. The maximum absolute atomic E-state index is 16.1. The predicted molar refractivity (Wildman–Crippen MR) is 242 cm³/mol. The van der Waals surface area contributed by atoms with Gasteiger partial charge in [-0.25, -0.2) is 13.6 Å². The highest BCUT2D eigenvalue weighted by Crippen LogP contribution is 2.53. The number of halogens is 4. The summed E-state index contributed by atoms with van der Waals surface area (Å²) in [5, 5.41) is 25.7. The monoisotopic (exact) mass is 967 g/mol. The van der Waals surface area contributed by atoms with E-state index < -0.39 is 52.3 Å². The van der Waals surface area contributed by atoms with Crippen LogP contribution in [-0.4, -0.2) is 142 Å². The Kier molecular flexibility index (Phi) is 23.4. The molecule has 0 unspecified atom stereocenters. The van der Waals surface area contributed by atoms with Gasteiger partial charge in [0.2, 0.25) is 5.91 Å². The normalized spacial score (nSPS) is 18.3. The highest BCUT2D eigenvalue weighted by molar-refractivity contribution is 6.31. The van der Waals surface area contributed by atoms with Gasteiger partial charge in [0.05, 0.1) is 135 Å². The molecule has 1 fully saturated rings. The molecule has 1 aliphatic rings. The Labute approximate surface area is 395 Å².